The van der Waals surface area contributed by atoms with E-state index in [1.54, 1.807) is 29.2 Å². The number of hydrogen-bond acceptors (Lipinski definition) is 2. The van der Waals surface area contributed by atoms with Crippen LogP contribution in [-0.4, -0.2) is 16.8 Å². The SMILES string of the molecule is O=C(c1ccc(Cl)o1)N(Cc1ccccc1F)C1CC1. The maximum Gasteiger partial charge on any atom is 0.290 e. The van der Waals surface area contributed by atoms with Gasteiger partial charge in [0, 0.05) is 18.2 Å². The van der Waals surface area contributed by atoms with Crippen molar-refractivity contribution in [1.29, 1.82) is 0 Å². The summed E-state index contributed by atoms with van der Waals surface area (Å²) in [5, 5.41) is 0.176. The first-order valence-electron chi connectivity index (χ1n) is 6.45. The van der Waals surface area contributed by atoms with Gasteiger partial charge < -0.3 is 9.32 Å². The van der Waals surface area contributed by atoms with E-state index in [-0.39, 0.29) is 35.3 Å². The lowest BCUT2D eigenvalue weighted by molar-refractivity contribution is 0.0696. The summed E-state index contributed by atoms with van der Waals surface area (Å²) >= 11 is 5.69. The quantitative estimate of drug-likeness (QED) is 0.857. The molecule has 0 atom stereocenters. The van der Waals surface area contributed by atoms with E-state index in [0.29, 0.717) is 5.56 Å². The smallest absolute Gasteiger partial charge is 0.290 e. The molecule has 0 aliphatic heterocycles. The van der Waals surface area contributed by atoms with Crippen LogP contribution in [0.2, 0.25) is 5.22 Å². The van der Waals surface area contributed by atoms with Crippen LogP contribution in [0.25, 0.3) is 0 Å². The molecule has 3 rings (SSSR count). The molecule has 1 fully saturated rings. The zero-order valence-corrected chi connectivity index (χ0v) is 11.4. The lowest BCUT2D eigenvalue weighted by atomic mass is 10.2. The highest BCUT2D eigenvalue weighted by Gasteiger charge is 2.34. The predicted molar refractivity (Wildman–Crippen MR) is 73.0 cm³/mol. The van der Waals surface area contributed by atoms with Crippen LogP contribution in [0.4, 0.5) is 4.39 Å². The second kappa shape index (κ2) is 5.29. The number of halogens is 2. The molecule has 1 amide bonds. The van der Waals surface area contributed by atoms with Crippen molar-refractivity contribution in [3.63, 3.8) is 0 Å². The standard InChI is InChI=1S/C15H13ClFNO2/c16-14-8-7-13(20-14)15(19)18(11-5-6-11)9-10-3-1-2-4-12(10)17/h1-4,7-8,11H,5-6,9H2. The lowest BCUT2D eigenvalue weighted by Crippen LogP contribution is -2.32. The van der Waals surface area contributed by atoms with E-state index in [9.17, 15) is 9.18 Å². The summed E-state index contributed by atoms with van der Waals surface area (Å²) in [6.07, 6.45) is 1.88. The van der Waals surface area contributed by atoms with Crippen molar-refractivity contribution >= 4 is 17.5 Å². The van der Waals surface area contributed by atoms with Gasteiger partial charge in [0.2, 0.25) is 0 Å². The molecule has 104 valence electrons. The van der Waals surface area contributed by atoms with Crippen LogP contribution in [0.15, 0.2) is 40.8 Å². The Morgan fingerprint density at radius 2 is 2.05 bits per heavy atom. The third-order valence-corrected chi connectivity index (χ3v) is 3.53. The van der Waals surface area contributed by atoms with Gasteiger partial charge in [0.15, 0.2) is 11.0 Å². The second-order valence-corrected chi connectivity index (χ2v) is 5.23. The molecule has 0 saturated heterocycles. The summed E-state index contributed by atoms with van der Waals surface area (Å²) in [6.45, 7) is 0.245. The molecule has 1 aromatic heterocycles. The maximum atomic E-state index is 13.7. The van der Waals surface area contributed by atoms with Crippen LogP contribution in [0.3, 0.4) is 0 Å². The summed E-state index contributed by atoms with van der Waals surface area (Å²) < 4.78 is 18.9. The van der Waals surface area contributed by atoms with Gasteiger partial charge in [0.1, 0.15) is 5.82 Å². The Balaban J connectivity index is 1.83. The van der Waals surface area contributed by atoms with Crippen LogP contribution in [0, 0.1) is 5.82 Å². The average Bonchev–Trinajstić information content (AvgIpc) is 3.18. The first-order chi connectivity index (χ1) is 9.65. The van der Waals surface area contributed by atoms with E-state index in [0.717, 1.165) is 12.8 Å². The minimum Gasteiger partial charge on any atom is -0.440 e. The topological polar surface area (TPSA) is 33.5 Å². The molecule has 1 heterocycles. The summed E-state index contributed by atoms with van der Waals surface area (Å²) in [4.78, 5) is 14.1. The first-order valence-corrected chi connectivity index (χ1v) is 6.82. The Kier molecular flexibility index (Phi) is 3.49. The molecule has 1 aromatic carbocycles. The number of carbonyl (C=O) groups is 1. The molecule has 1 aliphatic rings. The van der Waals surface area contributed by atoms with Gasteiger partial charge in [0.25, 0.3) is 5.91 Å². The third kappa shape index (κ3) is 2.70. The Hall–Kier alpha value is -1.81. The summed E-state index contributed by atoms with van der Waals surface area (Å²) in [5.41, 5.74) is 0.505. The highest BCUT2D eigenvalue weighted by atomic mass is 35.5. The van der Waals surface area contributed by atoms with E-state index < -0.39 is 0 Å². The minimum atomic E-state index is -0.302. The van der Waals surface area contributed by atoms with Gasteiger partial charge in [-0.1, -0.05) is 18.2 Å². The molecule has 0 unspecified atom stereocenters. The van der Waals surface area contributed by atoms with Gasteiger partial charge >= 0.3 is 0 Å². The molecule has 0 radical (unpaired) electrons. The highest BCUT2D eigenvalue weighted by Crippen LogP contribution is 2.30. The number of hydrogen-bond donors (Lipinski definition) is 0. The monoisotopic (exact) mass is 293 g/mol. The van der Waals surface area contributed by atoms with E-state index in [4.69, 9.17) is 16.0 Å². The second-order valence-electron chi connectivity index (χ2n) is 4.86. The maximum absolute atomic E-state index is 13.7. The number of nitrogens with zero attached hydrogens (tertiary/aromatic N) is 1. The van der Waals surface area contributed by atoms with E-state index in [2.05, 4.69) is 0 Å². The van der Waals surface area contributed by atoms with E-state index in [1.807, 2.05) is 0 Å². The fraction of sp³-hybridized carbons (Fsp3) is 0.267. The van der Waals surface area contributed by atoms with Gasteiger partial charge in [-0.15, -0.1) is 0 Å². The Labute approximate surface area is 120 Å². The van der Waals surface area contributed by atoms with Crippen LogP contribution in [0.1, 0.15) is 29.0 Å². The normalized spacial score (nSPS) is 14.3. The summed E-state index contributed by atoms with van der Waals surface area (Å²) in [6, 6.07) is 9.71. The van der Waals surface area contributed by atoms with Gasteiger partial charge in [-0.05, 0) is 42.6 Å². The Morgan fingerprint density at radius 3 is 2.65 bits per heavy atom. The van der Waals surface area contributed by atoms with E-state index >= 15 is 0 Å². The van der Waals surface area contributed by atoms with Crippen molar-refractivity contribution in [2.45, 2.75) is 25.4 Å². The number of benzene rings is 1. The number of amides is 1. The molecule has 3 nitrogen and oxygen atoms in total. The molecule has 0 N–H and O–H groups in total. The van der Waals surface area contributed by atoms with Crippen LogP contribution < -0.4 is 0 Å². The van der Waals surface area contributed by atoms with Crippen molar-refractivity contribution in [2.75, 3.05) is 0 Å². The zero-order chi connectivity index (χ0) is 14.1. The highest BCUT2D eigenvalue weighted by molar-refractivity contribution is 6.29. The molecule has 2 aromatic rings. The third-order valence-electron chi connectivity index (χ3n) is 3.33. The van der Waals surface area contributed by atoms with E-state index in [1.165, 1.54) is 12.1 Å². The van der Waals surface area contributed by atoms with Gasteiger partial charge in [-0.2, -0.15) is 0 Å². The molecule has 20 heavy (non-hydrogen) atoms. The first kappa shape index (κ1) is 13.2. The van der Waals surface area contributed by atoms with Gasteiger partial charge in [-0.3, -0.25) is 4.79 Å². The predicted octanol–water partition coefficient (Wildman–Crippen LogP) is 3.88. The van der Waals surface area contributed by atoms with Gasteiger partial charge in [-0.25, -0.2) is 4.39 Å². The van der Waals surface area contributed by atoms with Crippen molar-refractivity contribution < 1.29 is 13.6 Å². The fourth-order valence-corrected chi connectivity index (χ4v) is 2.28. The Bertz CT molecular complexity index is 636. The number of furan rings is 1. The summed E-state index contributed by atoms with van der Waals surface area (Å²) in [5.74, 6) is -0.357. The average molecular weight is 294 g/mol. The molecule has 0 bridgehead atoms. The van der Waals surface area contributed by atoms with Crippen LogP contribution >= 0.6 is 11.6 Å². The molecular formula is C15H13ClFNO2. The number of rotatable bonds is 4. The molecule has 5 heteroatoms. The molecule has 0 spiro atoms. The van der Waals surface area contributed by atoms with Crippen molar-refractivity contribution in [3.05, 3.63) is 58.8 Å². The number of carbonyl (C=O) groups excluding carboxylic acids is 1. The van der Waals surface area contributed by atoms with Crippen LogP contribution in [0.5, 0.6) is 0 Å². The minimum absolute atomic E-state index is 0.158. The largest absolute Gasteiger partial charge is 0.440 e. The molecule has 1 saturated carbocycles. The van der Waals surface area contributed by atoms with Crippen molar-refractivity contribution in [2.24, 2.45) is 0 Å². The fourth-order valence-electron chi connectivity index (χ4n) is 2.13. The Morgan fingerprint density at radius 1 is 1.30 bits per heavy atom. The van der Waals surface area contributed by atoms with Gasteiger partial charge in [0.05, 0.1) is 0 Å². The molecular weight excluding hydrogens is 281 g/mol. The van der Waals surface area contributed by atoms with Crippen molar-refractivity contribution in [1.82, 2.24) is 4.90 Å². The zero-order valence-electron chi connectivity index (χ0n) is 10.7. The summed E-state index contributed by atoms with van der Waals surface area (Å²) in [7, 11) is 0. The molecule has 1 aliphatic carbocycles. The van der Waals surface area contributed by atoms with Crippen molar-refractivity contribution in [3.8, 4) is 0 Å². The van der Waals surface area contributed by atoms with Crippen LogP contribution in [-0.2, 0) is 6.54 Å². The lowest BCUT2D eigenvalue weighted by Gasteiger charge is -2.21.